The fourth-order valence-corrected chi connectivity index (χ4v) is 5.23. The minimum absolute atomic E-state index is 0.112. The van der Waals surface area contributed by atoms with E-state index in [9.17, 15) is 4.79 Å². The summed E-state index contributed by atoms with van der Waals surface area (Å²) in [6, 6.07) is 22.1. The number of ether oxygens (including phenoxy) is 2. The van der Waals surface area contributed by atoms with Gasteiger partial charge in [0.05, 0.1) is 19.6 Å². The third kappa shape index (κ3) is 7.02. The second kappa shape index (κ2) is 12.4. The largest absolute Gasteiger partial charge is 0.489 e. The van der Waals surface area contributed by atoms with Crippen LogP contribution < -0.4 is 10.5 Å². The van der Waals surface area contributed by atoms with E-state index >= 15 is 0 Å². The van der Waals surface area contributed by atoms with Crippen molar-refractivity contribution in [2.24, 2.45) is 5.73 Å². The Hall–Kier alpha value is -3.39. The van der Waals surface area contributed by atoms with Gasteiger partial charge in [0, 0.05) is 23.1 Å². The molecule has 0 aliphatic carbocycles. The van der Waals surface area contributed by atoms with Gasteiger partial charge < -0.3 is 24.1 Å². The second-order valence-corrected chi connectivity index (χ2v) is 16.4. The van der Waals surface area contributed by atoms with Crippen molar-refractivity contribution in [2.75, 3.05) is 6.61 Å². The maximum Gasteiger partial charge on any atom is 0.310 e. The molecule has 0 amide bonds. The first-order valence-corrected chi connectivity index (χ1v) is 16.8. The van der Waals surface area contributed by atoms with Crippen molar-refractivity contribution in [3.05, 3.63) is 89.2 Å². The van der Waals surface area contributed by atoms with Crippen molar-refractivity contribution in [3.8, 4) is 16.9 Å². The molecular weight excluding hydrogens is 518 g/mol. The Balaban J connectivity index is 1.67. The Labute approximate surface area is 238 Å². The standard InChI is InChI=1S/C33H41NO5Si/c1-7-36-31(35)19-26-12-8-9-14-30(26)37-21-24-16-27-18-28(22-38-40(5,6)33(2,3)4)39-32(27)29(17-24)25-13-10-11-23(15-25)20-34/h8-18H,7,19-22,34H2,1-6H3. The van der Waals surface area contributed by atoms with Gasteiger partial charge in [-0.1, -0.05) is 57.2 Å². The molecule has 0 aliphatic heterocycles. The summed E-state index contributed by atoms with van der Waals surface area (Å²) in [4.78, 5) is 12.1. The van der Waals surface area contributed by atoms with Crippen LogP contribution in [0, 0.1) is 0 Å². The molecule has 2 N–H and O–H groups in total. The first kappa shape index (κ1) is 29.6. The lowest BCUT2D eigenvalue weighted by Crippen LogP contribution is -2.40. The van der Waals surface area contributed by atoms with E-state index in [0.717, 1.165) is 44.5 Å². The van der Waals surface area contributed by atoms with Crippen LogP contribution >= 0.6 is 0 Å². The van der Waals surface area contributed by atoms with Gasteiger partial charge in [0.2, 0.25) is 0 Å². The molecule has 0 saturated carbocycles. The molecule has 4 aromatic rings. The number of carbonyl (C=O) groups is 1. The monoisotopic (exact) mass is 559 g/mol. The normalized spacial score (nSPS) is 12.1. The predicted molar refractivity (Wildman–Crippen MR) is 163 cm³/mol. The fourth-order valence-electron chi connectivity index (χ4n) is 4.29. The molecule has 1 heterocycles. The lowest BCUT2D eigenvalue weighted by atomic mass is 9.99. The van der Waals surface area contributed by atoms with Gasteiger partial charge in [-0.2, -0.15) is 0 Å². The number of nitrogens with two attached hydrogens (primary N) is 1. The molecule has 3 aromatic carbocycles. The summed E-state index contributed by atoms with van der Waals surface area (Å²) in [6.07, 6.45) is 0.166. The first-order chi connectivity index (χ1) is 19.0. The molecule has 0 bridgehead atoms. The summed E-state index contributed by atoms with van der Waals surface area (Å²) in [5, 5.41) is 1.10. The Morgan fingerprint density at radius 1 is 0.950 bits per heavy atom. The number of hydrogen-bond acceptors (Lipinski definition) is 6. The Bertz CT molecular complexity index is 1470. The van der Waals surface area contributed by atoms with E-state index in [1.54, 1.807) is 6.92 Å². The molecule has 212 valence electrons. The first-order valence-electron chi connectivity index (χ1n) is 13.9. The van der Waals surface area contributed by atoms with Gasteiger partial charge in [0.1, 0.15) is 23.7 Å². The third-order valence-electron chi connectivity index (χ3n) is 7.59. The van der Waals surface area contributed by atoms with Gasteiger partial charge >= 0.3 is 5.97 Å². The molecule has 1 aromatic heterocycles. The molecule has 40 heavy (non-hydrogen) atoms. The average molecular weight is 560 g/mol. The lowest BCUT2D eigenvalue weighted by molar-refractivity contribution is -0.142. The lowest BCUT2D eigenvalue weighted by Gasteiger charge is -2.35. The number of para-hydroxylation sites is 1. The summed E-state index contributed by atoms with van der Waals surface area (Å²) in [6.45, 7) is 14.6. The summed E-state index contributed by atoms with van der Waals surface area (Å²) < 4.78 is 24.2. The van der Waals surface area contributed by atoms with Crippen molar-refractivity contribution >= 4 is 25.3 Å². The number of hydrogen-bond donors (Lipinski definition) is 1. The van der Waals surface area contributed by atoms with E-state index in [0.29, 0.717) is 32.1 Å². The van der Waals surface area contributed by atoms with Crippen molar-refractivity contribution in [1.29, 1.82) is 0 Å². The Morgan fingerprint density at radius 2 is 1.73 bits per heavy atom. The molecule has 7 heteroatoms. The molecule has 0 aliphatic rings. The van der Waals surface area contributed by atoms with E-state index < -0.39 is 8.32 Å². The molecule has 0 atom stereocenters. The molecule has 6 nitrogen and oxygen atoms in total. The van der Waals surface area contributed by atoms with Crippen LogP contribution in [0.5, 0.6) is 5.75 Å². The van der Waals surface area contributed by atoms with E-state index in [1.807, 2.05) is 36.4 Å². The molecule has 0 radical (unpaired) electrons. The van der Waals surface area contributed by atoms with Crippen LogP contribution in [0.2, 0.25) is 18.1 Å². The highest BCUT2D eigenvalue weighted by atomic mass is 28.4. The highest BCUT2D eigenvalue weighted by Crippen LogP contribution is 2.38. The van der Waals surface area contributed by atoms with Crippen LogP contribution in [0.1, 0.15) is 50.1 Å². The quantitative estimate of drug-likeness (QED) is 0.149. The number of furan rings is 1. The van der Waals surface area contributed by atoms with E-state index in [2.05, 4.69) is 64.2 Å². The maximum absolute atomic E-state index is 12.1. The van der Waals surface area contributed by atoms with Crippen LogP contribution in [0.3, 0.4) is 0 Å². The Morgan fingerprint density at radius 3 is 2.45 bits per heavy atom. The van der Waals surface area contributed by atoms with Crippen LogP contribution in [-0.4, -0.2) is 20.9 Å². The molecule has 0 fully saturated rings. The van der Waals surface area contributed by atoms with Crippen LogP contribution in [-0.2, 0) is 40.1 Å². The van der Waals surface area contributed by atoms with Gasteiger partial charge in [-0.25, -0.2) is 0 Å². The smallest absolute Gasteiger partial charge is 0.310 e. The predicted octanol–water partition coefficient (Wildman–Crippen LogP) is 7.76. The zero-order valence-electron chi connectivity index (χ0n) is 24.5. The maximum atomic E-state index is 12.1. The topological polar surface area (TPSA) is 83.9 Å². The summed E-state index contributed by atoms with van der Waals surface area (Å²) >= 11 is 0. The fraction of sp³-hybridized carbons (Fsp3) is 0.364. The van der Waals surface area contributed by atoms with Crippen molar-refractivity contribution in [3.63, 3.8) is 0 Å². The molecule has 4 rings (SSSR count). The SMILES string of the molecule is CCOC(=O)Cc1ccccc1OCc1cc(-c2cccc(CN)c2)c2oc(CO[Si](C)(C)C(C)(C)C)cc2c1. The number of benzene rings is 3. The number of carbonyl (C=O) groups excluding carboxylic acids is 1. The van der Waals surface area contributed by atoms with Crippen molar-refractivity contribution in [2.45, 2.75) is 72.0 Å². The number of fused-ring (bicyclic) bond motifs is 1. The van der Waals surface area contributed by atoms with Gasteiger partial charge in [-0.15, -0.1) is 0 Å². The highest BCUT2D eigenvalue weighted by molar-refractivity contribution is 6.74. The minimum Gasteiger partial charge on any atom is -0.489 e. The molecule has 0 saturated heterocycles. The van der Waals surface area contributed by atoms with Crippen LogP contribution in [0.15, 0.2) is 71.1 Å². The van der Waals surface area contributed by atoms with E-state index in [-0.39, 0.29) is 17.4 Å². The van der Waals surface area contributed by atoms with E-state index in [1.165, 1.54) is 0 Å². The van der Waals surface area contributed by atoms with E-state index in [4.69, 9.17) is 24.1 Å². The van der Waals surface area contributed by atoms with Crippen LogP contribution in [0.4, 0.5) is 0 Å². The third-order valence-corrected chi connectivity index (χ3v) is 12.1. The van der Waals surface area contributed by atoms with Crippen molar-refractivity contribution in [1.82, 2.24) is 0 Å². The zero-order chi connectivity index (χ0) is 28.9. The average Bonchev–Trinajstić information content (AvgIpc) is 3.33. The summed E-state index contributed by atoms with van der Waals surface area (Å²) in [5.74, 6) is 1.19. The highest BCUT2D eigenvalue weighted by Gasteiger charge is 2.37. The molecule has 0 unspecified atom stereocenters. The minimum atomic E-state index is -1.94. The van der Waals surface area contributed by atoms with Crippen molar-refractivity contribution < 1.29 is 23.1 Å². The van der Waals surface area contributed by atoms with Gasteiger partial charge in [0.25, 0.3) is 0 Å². The van der Waals surface area contributed by atoms with Crippen LogP contribution in [0.25, 0.3) is 22.1 Å². The Kier molecular flexibility index (Phi) is 9.18. The number of esters is 1. The van der Waals surface area contributed by atoms with Gasteiger partial charge in [-0.05, 0) is 72.1 Å². The van der Waals surface area contributed by atoms with Gasteiger partial charge in [0.15, 0.2) is 8.32 Å². The zero-order valence-corrected chi connectivity index (χ0v) is 25.5. The van der Waals surface area contributed by atoms with Gasteiger partial charge in [-0.3, -0.25) is 4.79 Å². The molecule has 0 spiro atoms. The summed E-state index contributed by atoms with van der Waals surface area (Å²) in [7, 11) is -1.94. The number of rotatable bonds is 11. The molecular formula is C33H41NO5Si. The summed E-state index contributed by atoms with van der Waals surface area (Å²) in [5.41, 5.74) is 11.6. The second-order valence-electron chi connectivity index (χ2n) is 11.6.